The van der Waals surface area contributed by atoms with Crippen LogP contribution < -0.4 is 14.4 Å². The fourth-order valence-electron chi connectivity index (χ4n) is 3.27. The third-order valence-corrected chi connectivity index (χ3v) is 6.07. The minimum absolute atomic E-state index is 0.125. The van der Waals surface area contributed by atoms with Crippen molar-refractivity contribution >= 4 is 46.0 Å². The average molecular weight is 448 g/mol. The normalized spacial score (nSPS) is 14.9. The van der Waals surface area contributed by atoms with Gasteiger partial charge >= 0.3 is 0 Å². The molecule has 1 aliphatic rings. The average Bonchev–Trinajstić information content (AvgIpc) is 3.06. The Labute approximate surface area is 191 Å². The number of thioether (sulfide) groups is 1. The van der Waals surface area contributed by atoms with Gasteiger partial charge in [0.25, 0.3) is 5.91 Å². The minimum atomic E-state index is -0.125. The van der Waals surface area contributed by atoms with Gasteiger partial charge < -0.3 is 9.47 Å². The van der Waals surface area contributed by atoms with Gasteiger partial charge in [-0.25, -0.2) is 0 Å². The molecule has 3 aromatic carbocycles. The summed E-state index contributed by atoms with van der Waals surface area (Å²) in [4.78, 5) is 15.1. The SMILES string of the molecule is COc1cc(C=C2SC(=S)N(c3ccccc3)C2=O)ccc1OCc1cccc(C)c1. The van der Waals surface area contributed by atoms with Gasteiger partial charge in [0.05, 0.1) is 17.7 Å². The maximum atomic E-state index is 12.9. The second kappa shape index (κ2) is 9.37. The van der Waals surface area contributed by atoms with E-state index in [-0.39, 0.29) is 5.91 Å². The van der Waals surface area contributed by atoms with E-state index in [9.17, 15) is 4.79 Å². The van der Waals surface area contributed by atoms with Crippen LogP contribution in [0, 0.1) is 6.92 Å². The van der Waals surface area contributed by atoms with E-state index in [1.807, 2.05) is 66.7 Å². The van der Waals surface area contributed by atoms with E-state index in [0.717, 1.165) is 16.8 Å². The Balaban J connectivity index is 1.53. The summed E-state index contributed by atoms with van der Waals surface area (Å²) in [6, 6.07) is 23.2. The Morgan fingerprint density at radius 2 is 1.81 bits per heavy atom. The molecule has 1 fully saturated rings. The van der Waals surface area contributed by atoms with Crippen LogP contribution in [0.1, 0.15) is 16.7 Å². The Kier molecular flexibility index (Phi) is 6.39. The van der Waals surface area contributed by atoms with E-state index in [4.69, 9.17) is 21.7 Å². The van der Waals surface area contributed by atoms with Crippen molar-refractivity contribution in [3.8, 4) is 11.5 Å². The fraction of sp³-hybridized carbons (Fsp3) is 0.120. The molecule has 1 heterocycles. The Bertz CT molecular complexity index is 1160. The van der Waals surface area contributed by atoms with E-state index < -0.39 is 0 Å². The zero-order chi connectivity index (χ0) is 21.8. The van der Waals surface area contributed by atoms with E-state index in [0.29, 0.717) is 27.3 Å². The molecular weight excluding hydrogens is 426 g/mol. The smallest absolute Gasteiger partial charge is 0.270 e. The van der Waals surface area contributed by atoms with Gasteiger partial charge in [0.1, 0.15) is 6.61 Å². The van der Waals surface area contributed by atoms with Gasteiger partial charge in [0.2, 0.25) is 0 Å². The molecule has 0 aromatic heterocycles. The van der Waals surface area contributed by atoms with Gasteiger partial charge in [-0.05, 0) is 48.4 Å². The number of hydrogen-bond donors (Lipinski definition) is 0. The van der Waals surface area contributed by atoms with E-state index in [1.165, 1.54) is 17.3 Å². The van der Waals surface area contributed by atoms with Crippen molar-refractivity contribution in [2.75, 3.05) is 12.0 Å². The fourth-order valence-corrected chi connectivity index (χ4v) is 4.57. The number of aryl methyl sites for hydroxylation is 1. The van der Waals surface area contributed by atoms with Crippen LogP contribution in [0.4, 0.5) is 5.69 Å². The molecule has 0 spiro atoms. The number of nitrogens with zero attached hydrogens (tertiary/aromatic N) is 1. The zero-order valence-corrected chi connectivity index (χ0v) is 18.8. The number of carbonyl (C=O) groups is 1. The zero-order valence-electron chi connectivity index (χ0n) is 17.2. The quantitative estimate of drug-likeness (QED) is 0.343. The largest absolute Gasteiger partial charge is 0.493 e. The highest BCUT2D eigenvalue weighted by Crippen LogP contribution is 2.37. The molecule has 1 saturated heterocycles. The molecule has 4 nitrogen and oxygen atoms in total. The predicted octanol–water partition coefficient (Wildman–Crippen LogP) is 5.99. The molecule has 0 saturated carbocycles. The number of anilines is 1. The highest BCUT2D eigenvalue weighted by atomic mass is 32.2. The van der Waals surface area contributed by atoms with Crippen LogP contribution in [0.5, 0.6) is 11.5 Å². The molecule has 0 N–H and O–H groups in total. The van der Waals surface area contributed by atoms with Crippen molar-refractivity contribution in [3.05, 3.63) is 94.4 Å². The van der Waals surface area contributed by atoms with Crippen molar-refractivity contribution in [3.63, 3.8) is 0 Å². The number of benzene rings is 3. The maximum Gasteiger partial charge on any atom is 0.270 e. The first kappa shape index (κ1) is 21.2. The van der Waals surface area contributed by atoms with Gasteiger partial charge in [-0.15, -0.1) is 0 Å². The summed E-state index contributed by atoms with van der Waals surface area (Å²) >= 11 is 6.73. The lowest BCUT2D eigenvalue weighted by Gasteiger charge is -2.14. The first-order chi connectivity index (χ1) is 15.0. The van der Waals surface area contributed by atoms with Gasteiger partial charge in [-0.2, -0.15) is 0 Å². The molecule has 3 aromatic rings. The number of ether oxygens (including phenoxy) is 2. The number of thiocarbonyl (C=S) groups is 1. The van der Waals surface area contributed by atoms with Crippen molar-refractivity contribution in [1.82, 2.24) is 0 Å². The molecule has 156 valence electrons. The lowest BCUT2D eigenvalue weighted by molar-refractivity contribution is -0.113. The molecule has 1 amide bonds. The number of hydrogen-bond acceptors (Lipinski definition) is 5. The lowest BCUT2D eigenvalue weighted by atomic mass is 10.1. The minimum Gasteiger partial charge on any atom is -0.493 e. The van der Waals surface area contributed by atoms with Crippen molar-refractivity contribution in [1.29, 1.82) is 0 Å². The molecule has 0 aliphatic carbocycles. The number of rotatable bonds is 6. The molecular formula is C25H21NO3S2. The Morgan fingerprint density at radius 3 is 2.55 bits per heavy atom. The monoisotopic (exact) mass is 447 g/mol. The third kappa shape index (κ3) is 4.81. The standard InChI is InChI=1S/C25H21NO3S2/c1-17-7-6-8-19(13-17)16-29-21-12-11-18(14-22(21)28-2)15-23-24(27)26(25(30)31-23)20-9-4-3-5-10-20/h3-15H,16H2,1-2H3. The van der Waals surface area contributed by atoms with Crippen LogP contribution in [0.25, 0.3) is 6.08 Å². The highest BCUT2D eigenvalue weighted by molar-refractivity contribution is 8.27. The van der Waals surface area contributed by atoms with E-state index in [2.05, 4.69) is 19.1 Å². The van der Waals surface area contributed by atoms with Crippen LogP contribution in [0.3, 0.4) is 0 Å². The number of methoxy groups -OCH3 is 1. The van der Waals surface area contributed by atoms with Gasteiger partial charge in [-0.3, -0.25) is 9.69 Å². The number of carbonyl (C=O) groups excluding carboxylic acids is 1. The van der Waals surface area contributed by atoms with Crippen molar-refractivity contribution < 1.29 is 14.3 Å². The van der Waals surface area contributed by atoms with Crippen LogP contribution in [0.15, 0.2) is 77.7 Å². The van der Waals surface area contributed by atoms with Crippen LogP contribution in [0.2, 0.25) is 0 Å². The molecule has 4 rings (SSSR count). The summed E-state index contributed by atoms with van der Waals surface area (Å²) in [5, 5.41) is 0. The number of para-hydroxylation sites is 1. The summed E-state index contributed by atoms with van der Waals surface area (Å²) in [5.41, 5.74) is 3.89. The summed E-state index contributed by atoms with van der Waals surface area (Å²) in [6.45, 7) is 2.51. The number of amides is 1. The molecule has 0 radical (unpaired) electrons. The van der Waals surface area contributed by atoms with Gasteiger partial charge in [-0.1, -0.05) is 78.1 Å². The summed E-state index contributed by atoms with van der Waals surface area (Å²) < 4.78 is 12.0. The molecule has 0 atom stereocenters. The summed E-state index contributed by atoms with van der Waals surface area (Å²) in [5.74, 6) is 1.14. The van der Waals surface area contributed by atoms with Gasteiger partial charge in [0.15, 0.2) is 15.8 Å². The molecule has 1 aliphatic heterocycles. The first-order valence-electron chi connectivity index (χ1n) is 9.74. The lowest BCUT2D eigenvalue weighted by Crippen LogP contribution is -2.27. The Morgan fingerprint density at radius 1 is 1.00 bits per heavy atom. The maximum absolute atomic E-state index is 12.9. The van der Waals surface area contributed by atoms with Crippen LogP contribution in [-0.2, 0) is 11.4 Å². The topological polar surface area (TPSA) is 38.8 Å². The molecule has 31 heavy (non-hydrogen) atoms. The molecule has 6 heteroatoms. The second-order valence-electron chi connectivity index (χ2n) is 7.04. The third-order valence-electron chi connectivity index (χ3n) is 4.77. The van der Waals surface area contributed by atoms with Crippen LogP contribution in [-0.4, -0.2) is 17.3 Å². The molecule has 0 unspecified atom stereocenters. The van der Waals surface area contributed by atoms with Crippen molar-refractivity contribution in [2.45, 2.75) is 13.5 Å². The molecule has 0 bridgehead atoms. The summed E-state index contributed by atoms with van der Waals surface area (Å²) in [6.07, 6.45) is 1.83. The first-order valence-corrected chi connectivity index (χ1v) is 11.0. The van der Waals surface area contributed by atoms with Crippen molar-refractivity contribution in [2.24, 2.45) is 0 Å². The van der Waals surface area contributed by atoms with Crippen LogP contribution >= 0.6 is 24.0 Å². The summed E-state index contributed by atoms with van der Waals surface area (Å²) in [7, 11) is 1.60. The van der Waals surface area contributed by atoms with E-state index in [1.54, 1.807) is 12.0 Å². The van der Waals surface area contributed by atoms with E-state index >= 15 is 0 Å². The predicted molar refractivity (Wildman–Crippen MR) is 131 cm³/mol. The van der Waals surface area contributed by atoms with Gasteiger partial charge in [0, 0.05) is 0 Å². The second-order valence-corrected chi connectivity index (χ2v) is 8.72. The highest BCUT2D eigenvalue weighted by Gasteiger charge is 2.33. The Hall–Kier alpha value is -3.09.